The van der Waals surface area contributed by atoms with E-state index in [2.05, 4.69) is 16.0 Å². The average molecular weight is 339 g/mol. The number of hydrogen-bond donors (Lipinski definition) is 4. The molecule has 5 N–H and O–H groups in total. The van der Waals surface area contributed by atoms with Crippen LogP contribution in [0.1, 0.15) is 31.1 Å². The molecule has 0 aliphatic carbocycles. The number of carbonyl (C=O) groups excluding carboxylic acids is 3. The molecule has 1 aromatic carbocycles. The second-order valence-electron chi connectivity index (χ2n) is 5.66. The first kappa shape index (κ1) is 14.9. The van der Waals surface area contributed by atoms with Crippen molar-refractivity contribution in [2.24, 2.45) is 0 Å². The molecule has 0 radical (unpaired) electrons. The Morgan fingerprint density at radius 1 is 0.920 bits per heavy atom. The standard InChI is InChI=1S/C16H13N5O4/c17-13-11-8(15(24)20-16(11)25)6-10(22)21(13)9-3-1-2-7-12(9)18-4-5-19-14(7)23/h1-3,6,18H,4-5,17H2,(H,19,23)(H,20,24,25). The Hall–Kier alpha value is -3.62. The number of nitrogens with zero attached hydrogens (tertiary/aromatic N) is 1. The number of aromatic nitrogens is 1. The third-order valence-electron chi connectivity index (χ3n) is 4.19. The van der Waals surface area contributed by atoms with Gasteiger partial charge < -0.3 is 16.4 Å². The lowest BCUT2D eigenvalue weighted by molar-refractivity contribution is 0.0878. The lowest BCUT2D eigenvalue weighted by Gasteiger charge is -2.17. The lowest BCUT2D eigenvalue weighted by atomic mass is 10.1. The number of pyridine rings is 1. The van der Waals surface area contributed by atoms with Crippen LogP contribution >= 0.6 is 0 Å². The second kappa shape index (κ2) is 5.20. The molecule has 0 saturated carbocycles. The summed E-state index contributed by atoms with van der Waals surface area (Å²) in [6.45, 7) is 0.896. The summed E-state index contributed by atoms with van der Waals surface area (Å²) in [5.41, 5.74) is 6.54. The molecule has 3 heterocycles. The first-order valence-electron chi connectivity index (χ1n) is 7.55. The molecule has 1 aromatic heterocycles. The zero-order chi connectivity index (χ0) is 17.7. The zero-order valence-electron chi connectivity index (χ0n) is 12.9. The summed E-state index contributed by atoms with van der Waals surface area (Å²) in [4.78, 5) is 48.5. The number of nitrogens with two attached hydrogens (primary N) is 1. The summed E-state index contributed by atoms with van der Waals surface area (Å²) < 4.78 is 1.13. The molecule has 4 rings (SSSR count). The number of rotatable bonds is 1. The van der Waals surface area contributed by atoms with Gasteiger partial charge in [0.05, 0.1) is 28.1 Å². The number of imide groups is 1. The van der Waals surface area contributed by atoms with E-state index in [1.165, 1.54) is 0 Å². The van der Waals surface area contributed by atoms with Crippen LogP contribution in [-0.2, 0) is 0 Å². The number of anilines is 2. The minimum Gasteiger partial charge on any atom is -0.384 e. The molecule has 3 amide bonds. The molecule has 0 saturated heterocycles. The van der Waals surface area contributed by atoms with Gasteiger partial charge in [0.2, 0.25) is 0 Å². The molecule has 0 fully saturated rings. The van der Waals surface area contributed by atoms with E-state index < -0.39 is 17.4 Å². The summed E-state index contributed by atoms with van der Waals surface area (Å²) in [6.07, 6.45) is 0. The fourth-order valence-corrected chi connectivity index (χ4v) is 3.09. The number of hydrogen-bond acceptors (Lipinski definition) is 6. The highest BCUT2D eigenvalue weighted by Gasteiger charge is 2.32. The second-order valence-corrected chi connectivity index (χ2v) is 5.66. The quantitative estimate of drug-likeness (QED) is 0.515. The SMILES string of the molecule is Nc1c2c(cc(=O)n1-c1cccc3c1NCCNC3=O)C(=O)NC2=O. The highest BCUT2D eigenvalue weighted by molar-refractivity contribution is 6.23. The van der Waals surface area contributed by atoms with Gasteiger partial charge in [0, 0.05) is 19.2 Å². The molecule has 9 nitrogen and oxygen atoms in total. The van der Waals surface area contributed by atoms with Crippen molar-refractivity contribution in [2.45, 2.75) is 0 Å². The van der Waals surface area contributed by atoms with Crippen molar-refractivity contribution in [2.75, 3.05) is 24.1 Å². The van der Waals surface area contributed by atoms with Crippen molar-refractivity contribution >= 4 is 29.2 Å². The van der Waals surface area contributed by atoms with Gasteiger partial charge in [-0.3, -0.25) is 29.1 Å². The summed E-state index contributed by atoms with van der Waals surface area (Å²) >= 11 is 0. The van der Waals surface area contributed by atoms with Crippen LogP contribution in [0, 0.1) is 0 Å². The van der Waals surface area contributed by atoms with Crippen LogP contribution in [0.2, 0.25) is 0 Å². The number of carbonyl (C=O) groups is 3. The molecule has 0 spiro atoms. The van der Waals surface area contributed by atoms with E-state index in [-0.39, 0.29) is 22.9 Å². The van der Waals surface area contributed by atoms with E-state index in [1.807, 2.05) is 0 Å². The highest BCUT2D eigenvalue weighted by Crippen LogP contribution is 2.29. The average Bonchev–Trinajstić information content (AvgIpc) is 2.74. The van der Waals surface area contributed by atoms with Crippen LogP contribution in [0.25, 0.3) is 5.69 Å². The van der Waals surface area contributed by atoms with Gasteiger partial charge in [0.15, 0.2) is 0 Å². The lowest BCUT2D eigenvalue weighted by Crippen LogP contribution is -2.25. The third kappa shape index (κ3) is 2.09. The summed E-state index contributed by atoms with van der Waals surface area (Å²) in [5, 5.41) is 7.95. The number of fused-ring (bicyclic) bond motifs is 2. The fourth-order valence-electron chi connectivity index (χ4n) is 3.09. The van der Waals surface area contributed by atoms with Gasteiger partial charge in [-0.05, 0) is 12.1 Å². The van der Waals surface area contributed by atoms with Crippen LogP contribution in [0.4, 0.5) is 11.5 Å². The first-order valence-corrected chi connectivity index (χ1v) is 7.55. The predicted octanol–water partition coefficient (Wildman–Crippen LogP) is -0.541. The molecule has 2 aliphatic heterocycles. The molecular weight excluding hydrogens is 326 g/mol. The van der Waals surface area contributed by atoms with Crippen molar-refractivity contribution in [1.82, 2.24) is 15.2 Å². The van der Waals surface area contributed by atoms with Crippen molar-refractivity contribution < 1.29 is 14.4 Å². The van der Waals surface area contributed by atoms with Crippen molar-refractivity contribution in [3.05, 3.63) is 51.3 Å². The maximum absolute atomic E-state index is 12.6. The van der Waals surface area contributed by atoms with E-state index in [9.17, 15) is 19.2 Å². The van der Waals surface area contributed by atoms with Crippen molar-refractivity contribution in [3.63, 3.8) is 0 Å². The number of benzene rings is 1. The number of nitrogen functional groups attached to an aromatic ring is 1. The van der Waals surface area contributed by atoms with Gasteiger partial charge in [-0.15, -0.1) is 0 Å². The molecule has 0 unspecified atom stereocenters. The first-order chi connectivity index (χ1) is 12.0. The van der Waals surface area contributed by atoms with Crippen LogP contribution in [0.3, 0.4) is 0 Å². The summed E-state index contributed by atoms with van der Waals surface area (Å²) in [7, 11) is 0. The molecule has 9 heteroatoms. The molecule has 0 atom stereocenters. The van der Waals surface area contributed by atoms with Gasteiger partial charge in [0.1, 0.15) is 5.82 Å². The Labute approximate surface area is 140 Å². The van der Waals surface area contributed by atoms with E-state index in [0.29, 0.717) is 30.0 Å². The Balaban J connectivity index is 2.02. The van der Waals surface area contributed by atoms with Crippen molar-refractivity contribution in [1.29, 1.82) is 0 Å². The molecular formula is C16H13N5O4. The molecule has 2 aliphatic rings. The third-order valence-corrected chi connectivity index (χ3v) is 4.19. The van der Waals surface area contributed by atoms with E-state index in [1.54, 1.807) is 18.2 Å². The summed E-state index contributed by atoms with van der Waals surface area (Å²) in [6, 6.07) is 5.92. The van der Waals surface area contributed by atoms with E-state index in [4.69, 9.17) is 5.73 Å². The number of para-hydroxylation sites is 1. The van der Waals surface area contributed by atoms with Crippen LogP contribution in [0.5, 0.6) is 0 Å². The number of nitrogens with one attached hydrogen (secondary N) is 3. The fraction of sp³-hybridized carbons (Fsp3) is 0.125. The maximum Gasteiger partial charge on any atom is 0.262 e. The van der Waals surface area contributed by atoms with Gasteiger partial charge in [-0.25, -0.2) is 0 Å². The molecule has 2 aromatic rings. The molecule has 25 heavy (non-hydrogen) atoms. The van der Waals surface area contributed by atoms with E-state index >= 15 is 0 Å². The number of amides is 3. The van der Waals surface area contributed by atoms with E-state index in [0.717, 1.165) is 10.6 Å². The van der Waals surface area contributed by atoms with Gasteiger partial charge >= 0.3 is 0 Å². The monoisotopic (exact) mass is 339 g/mol. The zero-order valence-corrected chi connectivity index (χ0v) is 12.9. The van der Waals surface area contributed by atoms with Crippen LogP contribution in [0.15, 0.2) is 29.1 Å². The Morgan fingerprint density at radius 2 is 1.68 bits per heavy atom. The van der Waals surface area contributed by atoms with Gasteiger partial charge in [0.25, 0.3) is 23.3 Å². The normalized spacial score (nSPS) is 15.6. The largest absolute Gasteiger partial charge is 0.384 e. The Morgan fingerprint density at radius 3 is 2.48 bits per heavy atom. The Bertz CT molecular complexity index is 1020. The molecule has 0 bridgehead atoms. The van der Waals surface area contributed by atoms with Gasteiger partial charge in [-0.2, -0.15) is 0 Å². The smallest absolute Gasteiger partial charge is 0.262 e. The van der Waals surface area contributed by atoms with Crippen molar-refractivity contribution in [3.8, 4) is 5.69 Å². The van der Waals surface area contributed by atoms with Crippen LogP contribution in [-0.4, -0.2) is 35.4 Å². The summed E-state index contributed by atoms with van der Waals surface area (Å²) in [5.74, 6) is -1.73. The highest BCUT2D eigenvalue weighted by atomic mass is 16.2. The topological polar surface area (TPSA) is 135 Å². The minimum atomic E-state index is -0.654. The van der Waals surface area contributed by atoms with Gasteiger partial charge in [-0.1, -0.05) is 6.07 Å². The Kier molecular flexibility index (Phi) is 3.11. The minimum absolute atomic E-state index is 0.0414. The van der Waals surface area contributed by atoms with Crippen LogP contribution < -0.4 is 27.2 Å². The predicted molar refractivity (Wildman–Crippen MR) is 89.1 cm³/mol. The maximum atomic E-state index is 12.6. The molecule has 126 valence electrons.